The molecule has 1 fully saturated rings. The fourth-order valence-corrected chi connectivity index (χ4v) is 5.99. The lowest BCUT2D eigenvalue weighted by Gasteiger charge is -2.15. The lowest BCUT2D eigenvalue weighted by Crippen LogP contribution is -2.31. The van der Waals surface area contributed by atoms with E-state index in [2.05, 4.69) is 11.1 Å². The van der Waals surface area contributed by atoms with E-state index in [9.17, 15) is 24.4 Å². The van der Waals surface area contributed by atoms with Crippen molar-refractivity contribution in [3.63, 3.8) is 0 Å². The van der Waals surface area contributed by atoms with Crippen LogP contribution in [-0.2, 0) is 14.3 Å². The second-order valence-electron chi connectivity index (χ2n) is 9.63. The molecule has 2 aliphatic rings. The molecular formula is C32H20ClN3O7S. The van der Waals surface area contributed by atoms with Gasteiger partial charge in [-0.1, -0.05) is 35.5 Å². The van der Waals surface area contributed by atoms with Gasteiger partial charge in [-0.25, -0.2) is 14.7 Å². The first-order chi connectivity index (χ1) is 21.3. The van der Waals surface area contributed by atoms with Crippen molar-refractivity contribution in [3.8, 4) is 28.8 Å². The van der Waals surface area contributed by atoms with Crippen LogP contribution in [0.25, 0.3) is 11.3 Å². The van der Waals surface area contributed by atoms with Gasteiger partial charge in [0, 0.05) is 17.5 Å². The number of anilines is 1. The predicted molar refractivity (Wildman–Crippen MR) is 160 cm³/mol. The summed E-state index contributed by atoms with van der Waals surface area (Å²) in [5.74, 6) is -0.895. The number of halogens is 1. The molecule has 4 aromatic rings. The van der Waals surface area contributed by atoms with Gasteiger partial charge in [0.2, 0.25) is 24.4 Å². The van der Waals surface area contributed by atoms with Crippen LogP contribution >= 0.6 is 23.4 Å². The van der Waals surface area contributed by atoms with Gasteiger partial charge in [0.25, 0.3) is 0 Å². The zero-order valence-corrected chi connectivity index (χ0v) is 24.3. The van der Waals surface area contributed by atoms with Crippen molar-refractivity contribution in [1.82, 2.24) is 4.98 Å². The highest BCUT2D eigenvalue weighted by molar-refractivity contribution is 8.00. The Morgan fingerprint density at radius 2 is 1.80 bits per heavy atom. The van der Waals surface area contributed by atoms with Crippen molar-refractivity contribution in [1.29, 1.82) is 5.26 Å². The Morgan fingerprint density at radius 3 is 2.57 bits per heavy atom. The standard InChI is InChI=1S/C32H20ClN3O7S/c33-23-4-2-1-3-22(23)25(37)16-41-32(40)18-5-9-21(10-6-18)36-29(38)14-28(31(36)39)44-30-20(15-34)7-11-24(35-30)19-8-12-26-27(13-19)43-17-42-26/h1-13,28H,14,16-17H2. The van der Waals surface area contributed by atoms with Crippen LogP contribution < -0.4 is 14.4 Å². The summed E-state index contributed by atoms with van der Waals surface area (Å²) in [7, 11) is 0. The quantitative estimate of drug-likeness (QED) is 0.141. The van der Waals surface area contributed by atoms with Crippen LogP contribution in [-0.4, -0.2) is 47.2 Å². The first kappa shape index (κ1) is 28.9. The second-order valence-corrected chi connectivity index (χ2v) is 11.2. The number of ketones is 1. The van der Waals surface area contributed by atoms with Gasteiger partial charge in [-0.3, -0.25) is 14.4 Å². The molecular weight excluding hydrogens is 606 g/mol. The predicted octanol–water partition coefficient (Wildman–Crippen LogP) is 5.47. The van der Waals surface area contributed by atoms with Crippen molar-refractivity contribution in [2.45, 2.75) is 16.7 Å². The molecule has 10 nitrogen and oxygen atoms in total. The largest absolute Gasteiger partial charge is 0.454 e. The number of fused-ring (bicyclic) bond motifs is 1. The summed E-state index contributed by atoms with van der Waals surface area (Å²) in [6.45, 7) is -0.367. The minimum absolute atomic E-state index is 0.0990. The van der Waals surface area contributed by atoms with Crippen LogP contribution in [0.4, 0.5) is 5.69 Å². The minimum atomic E-state index is -0.811. The van der Waals surface area contributed by atoms with Crippen LogP contribution in [0, 0.1) is 11.3 Å². The third kappa shape index (κ3) is 5.73. The van der Waals surface area contributed by atoms with Crippen molar-refractivity contribution < 1.29 is 33.4 Å². The molecule has 1 saturated heterocycles. The molecule has 2 aliphatic heterocycles. The number of imide groups is 1. The molecule has 3 heterocycles. The van der Waals surface area contributed by atoms with Gasteiger partial charge >= 0.3 is 5.97 Å². The molecule has 2 amide bonds. The van der Waals surface area contributed by atoms with Gasteiger partial charge in [-0.05, 0) is 66.7 Å². The van der Waals surface area contributed by atoms with E-state index in [-0.39, 0.29) is 40.6 Å². The SMILES string of the molecule is N#Cc1ccc(-c2ccc3c(c2)OCO3)nc1SC1CC(=O)N(c2ccc(C(=O)OCC(=O)c3ccccc3Cl)cc2)C1=O. The summed E-state index contributed by atoms with van der Waals surface area (Å²) in [4.78, 5) is 56.8. The molecule has 6 rings (SSSR count). The van der Waals surface area contributed by atoms with E-state index in [1.807, 2.05) is 6.07 Å². The number of carbonyl (C=O) groups excluding carboxylic acids is 4. The van der Waals surface area contributed by atoms with Crippen molar-refractivity contribution in [2.75, 3.05) is 18.3 Å². The average molecular weight is 626 g/mol. The Morgan fingerprint density at radius 1 is 1.02 bits per heavy atom. The van der Waals surface area contributed by atoms with Gasteiger partial charge in [0.1, 0.15) is 11.1 Å². The Hall–Kier alpha value is -5.18. The Kier molecular flexibility index (Phi) is 8.02. The summed E-state index contributed by atoms with van der Waals surface area (Å²) < 4.78 is 15.9. The number of nitrogens with zero attached hydrogens (tertiary/aromatic N) is 3. The van der Waals surface area contributed by atoms with E-state index in [1.54, 1.807) is 42.5 Å². The highest BCUT2D eigenvalue weighted by Gasteiger charge is 2.41. The number of rotatable bonds is 8. The average Bonchev–Trinajstić information content (AvgIpc) is 3.62. The third-order valence-corrected chi connectivity index (χ3v) is 8.39. The van der Waals surface area contributed by atoms with Crippen LogP contribution in [0.1, 0.15) is 32.7 Å². The lowest BCUT2D eigenvalue weighted by molar-refractivity contribution is -0.121. The Labute approximate surface area is 260 Å². The summed E-state index contributed by atoms with van der Waals surface area (Å²) in [6, 6.07) is 22.9. The Bertz CT molecular complexity index is 1870. The van der Waals surface area contributed by atoms with Crippen LogP contribution in [0.3, 0.4) is 0 Å². The molecule has 218 valence electrons. The fraction of sp³-hybridized carbons (Fsp3) is 0.125. The molecule has 44 heavy (non-hydrogen) atoms. The maximum absolute atomic E-state index is 13.4. The number of ether oxygens (including phenoxy) is 3. The fourth-order valence-electron chi connectivity index (χ4n) is 4.66. The molecule has 12 heteroatoms. The first-order valence-corrected chi connectivity index (χ1v) is 14.5. The maximum atomic E-state index is 13.4. The molecule has 1 unspecified atom stereocenters. The van der Waals surface area contributed by atoms with Crippen LogP contribution in [0.15, 0.2) is 83.9 Å². The normalized spacial score (nSPS) is 15.3. The zero-order valence-electron chi connectivity index (χ0n) is 22.7. The van der Waals surface area contributed by atoms with Gasteiger partial charge in [-0.15, -0.1) is 0 Å². The number of pyridine rings is 1. The molecule has 0 aliphatic carbocycles. The van der Waals surface area contributed by atoms with Gasteiger partial charge in [0.15, 0.2) is 18.1 Å². The van der Waals surface area contributed by atoms with Gasteiger partial charge in [0.05, 0.1) is 32.8 Å². The van der Waals surface area contributed by atoms with Crippen molar-refractivity contribution in [3.05, 3.63) is 101 Å². The maximum Gasteiger partial charge on any atom is 0.338 e. The molecule has 0 bridgehead atoms. The van der Waals surface area contributed by atoms with E-state index in [1.165, 1.54) is 30.3 Å². The Balaban J connectivity index is 1.13. The highest BCUT2D eigenvalue weighted by Crippen LogP contribution is 2.38. The van der Waals surface area contributed by atoms with Gasteiger partial charge in [-0.2, -0.15) is 5.26 Å². The van der Waals surface area contributed by atoms with E-state index < -0.39 is 35.4 Å². The molecule has 0 saturated carbocycles. The molecule has 1 atom stereocenters. The van der Waals surface area contributed by atoms with E-state index >= 15 is 0 Å². The number of esters is 1. The molecule has 0 spiro atoms. The summed E-state index contributed by atoms with van der Waals surface area (Å²) >= 11 is 7.07. The van der Waals surface area contributed by atoms with Crippen LogP contribution in [0.5, 0.6) is 11.5 Å². The third-order valence-electron chi connectivity index (χ3n) is 6.88. The van der Waals surface area contributed by atoms with Gasteiger partial charge < -0.3 is 14.2 Å². The monoisotopic (exact) mass is 625 g/mol. The molecule has 3 aromatic carbocycles. The number of hydrogen-bond donors (Lipinski definition) is 0. The zero-order chi connectivity index (χ0) is 30.8. The first-order valence-electron chi connectivity index (χ1n) is 13.2. The number of Topliss-reactive ketones (excluding diaryl/α,β-unsaturated/α-hetero) is 1. The minimum Gasteiger partial charge on any atom is -0.454 e. The van der Waals surface area contributed by atoms with E-state index in [0.717, 1.165) is 22.2 Å². The van der Waals surface area contributed by atoms with Crippen molar-refractivity contribution >= 4 is 52.6 Å². The molecule has 0 radical (unpaired) electrons. The molecule has 0 N–H and O–H groups in total. The number of thioether (sulfide) groups is 1. The van der Waals surface area contributed by atoms with Crippen molar-refractivity contribution in [2.24, 2.45) is 0 Å². The second kappa shape index (κ2) is 12.2. The summed E-state index contributed by atoms with van der Waals surface area (Å²) in [6.07, 6.45) is -0.0990. The lowest BCUT2D eigenvalue weighted by atomic mass is 10.1. The smallest absolute Gasteiger partial charge is 0.338 e. The number of amides is 2. The number of carbonyl (C=O) groups is 4. The summed E-state index contributed by atoms with van der Waals surface area (Å²) in [5, 5.41) is 9.44. The number of benzene rings is 3. The number of nitriles is 1. The van der Waals surface area contributed by atoms with E-state index in [0.29, 0.717) is 22.2 Å². The summed E-state index contributed by atoms with van der Waals surface area (Å²) in [5.41, 5.74) is 2.22. The number of aromatic nitrogens is 1. The van der Waals surface area contributed by atoms with Crippen LogP contribution in [0.2, 0.25) is 5.02 Å². The topological polar surface area (TPSA) is 136 Å². The van der Waals surface area contributed by atoms with E-state index in [4.69, 9.17) is 25.8 Å². The number of hydrogen-bond acceptors (Lipinski definition) is 10. The molecule has 1 aromatic heterocycles. The highest BCUT2D eigenvalue weighted by atomic mass is 35.5.